The van der Waals surface area contributed by atoms with Crippen LogP contribution in [0.1, 0.15) is 5.56 Å². The molecule has 2 aromatic heterocycles. The lowest BCUT2D eigenvalue weighted by atomic mass is 10.2. The summed E-state index contributed by atoms with van der Waals surface area (Å²) in [5.74, 6) is 0.867. The fraction of sp³-hybridized carbons (Fsp3) is 0.143. The summed E-state index contributed by atoms with van der Waals surface area (Å²) in [5, 5.41) is 4.47. The van der Waals surface area contributed by atoms with Crippen LogP contribution in [0.2, 0.25) is 0 Å². The van der Waals surface area contributed by atoms with Gasteiger partial charge >= 0.3 is 0 Å². The fourth-order valence-electron chi connectivity index (χ4n) is 2.19. The van der Waals surface area contributed by atoms with Crippen LogP contribution >= 0.6 is 0 Å². The van der Waals surface area contributed by atoms with E-state index in [-0.39, 0.29) is 0 Å². The first-order valence-electron chi connectivity index (χ1n) is 5.78. The Bertz CT molecular complexity index is 733. The van der Waals surface area contributed by atoms with Crippen molar-refractivity contribution in [2.45, 2.75) is 0 Å². The molecule has 0 aliphatic heterocycles. The number of aromatic nitrogens is 4. The third-order valence-electron chi connectivity index (χ3n) is 3.08. The normalized spacial score (nSPS) is 11.0. The summed E-state index contributed by atoms with van der Waals surface area (Å²) in [5.41, 5.74) is 3.95. The van der Waals surface area contributed by atoms with Gasteiger partial charge in [0, 0.05) is 25.9 Å². The van der Waals surface area contributed by atoms with Crippen LogP contribution in [0.15, 0.2) is 37.0 Å². The fourth-order valence-corrected chi connectivity index (χ4v) is 2.19. The Morgan fingerprint density at radius 1 is 1.22 bits per heavy atom. The zero-order valence-electron chi connectivity index (χ0n) is 10.5. The number of rotatable bonds is 2. The molecule has 4 heteroatoms. The molecule has 0 N–H and O–H groups in total. The average Bonchev–Trinajstić information content (AvgIpc) is 2.91. The highest BCUT2D eigenvalue weighted by Gasteiger charge is 2.15. The van der Waals surface area contributed by atoms with Crippen molar-refractivity contribution in [3.8, 4) is 11.5 Å². The predicted octanol–water partition coefficient (Wildman–Crippen LogP) is 2.62. The van der Waals surface area contributed by atoms with E-state index < -0.39 is 0 Å². The molecular weight excluding hydrogens is 224 g/mol. The second-order valence-electron chi connectivity index (χ2n) is 4.29. The molecule has 0 radical (unpaired) electrons. The molecule has 0 saturated carbocycles. The minimum atomic E-state index is 0.867. The van der Waals surface area contributed by atoms with Gasteiger partial charge in [-0.3, -0.25) is 4.68 Å². The Kier molecular flexibility index (Phi) is 2.30. The number of nitrogens with zero attached hydrogens (tertiary/aromatic N) is 4. The number of benzene rings is 1. The lowest BCUT2D eigenvalue weighted by Gasteiger charge is -1.99. The molecule has 0 atom stereocenters. The van der Waals surface area contributed by atoms with Crippen molar-refractivity contribution in [2.24, 2.45) is 14.1 Å². The maximum absolute atomic E-state index is 4.64. The van der Waals surface area contributed by atoms with Crippen molar-refractivity contribution in [1.82, 2.24) is 19.3 Å². The van der Waals surface area contributed by atoms with Crippen LogP contribution in [0.25, 0.3) is 28.6 Å². The number of para-hydroxylation sites is 2. The summed E-state index contributed by atoms with van der Waals surface area (Å²) >= 11 is 0. The molecular formula is C14H14N4. The maximum Gasteiger partial charge on any atom is 0.162 e. The smallest absolute Gasteiger partial charge is 0.162 e. The van der Waals surface area contributed by atoms with Gasteiger partial charge in [0.25, 0.3) is 0 Å². The molecule has 0 bridgehead atoms. The van der Waals surface area contributed by atoms with E-state index in [0.29, 0.717) is 0 Å². The van der Waals surface area contributed by atoms with E-state index in [0.717, 1.165) is 28.1 Å². The summed E-state index contributed by atoms with van der Waals surface area (Å²) in [4.78, 5) is 4.64. The van der Waals surface area contributed by atoms with Gasteiger partial charge in [0.1, 0.15) is 5.69 Å². The van der Waals surface area contributed by atoms with Gasteiger partial charge < -0.3 is 4.57 Å². The van der Waals surface area contributed by atoms with Gasteiger partial charge in [-0.25, -0.2) is 4.98 Å². The van der Waals surface area contributed by atoms with E-state index in [1.54, 1.807) is 4.68 Å². The number of hydrogen-bond acceptors (Lipinski definition) is 2. The lowest BCUT2D eigenvalue weighted by molar-refractivity contribution is 0.766. The Labute approximate surface area is 105 Å². The van der Waals surface area contributed by atoms with Crippen molar-refractivity contribution in [3.05, 3.63) is 42.6 Å². The Hall–Kier alpha value is -2.36. The van der Waals surface area contributed by atoms with Gasteiger partial charge in [0.2, 0.25) is 0 Å². The third-order valence-corrected chi connectivity index (χ3v) is 3.08. The average molecular weight is 238 g/mol. The Morgan fingerprint density at radius 3 is 2.72 bits per heavy atom. The molecule has 0 unspecified atom stereocenters. The van der Waals surface area contributed by atoms with Crippen LogP contribution in [-0.2, 0) is 14.1 Å². The minimum absolute atomic E-state index is 0.867. The molecule has 1 aromatic carbocycles. The van der Waals surface area contributed by atoms with Gasteiger partial charge in [-0.1, -0.05) is 24.8 Å². The molecule has 18 heavy (non-hydrogen) atoms. The molecule has 90 valence electrons. The van der Waals surface area contributed by atoms with E-state index in [9.17, 15) is 0 Å². The van der Waals surface area contributed by atoms with Crippen molar-refractivity contribution < 1.29 is 0 Å². The molecule has 4 nitrogen and oxygen atoms in total. The van der Waals surface area contributed by atoms with Crippen molar-refractivity contribution in [3.63, 3.8) is 0 Å². The Morgan fingerprint density at radius 2 is 2.00 bits per heavy atom. The van der Waals surface area contributed by atoms with Crippen LogP contribution in [0.3, 0.4) is 0 Å². The molecule has 3 aromatic rings. The standard InChI is InChI=1S/C14H14N4/c1-4-10-9-17(2)16-13(10)14-15-11-7-5-6-8-12(11)18(14)3/h4-9H,1H2,2-3H3. The highest BCUT2D eigenvalue weighted by Crippen LogP contribution is 2.25. The molecule has 0 amide bonds. The van der Waals surface area contributed by atoms with Crippen LogP contribution in [0, 0.1) is 0 Å². The highest BCUT2D eigenvalue weighted by atomic mass is 15.3. The molecule has 0 saturated heterocycles. The highest BCUT2D eigenvalue weighted by molar-refractivity contribution is 5.81. The van der Waals surface area contributed by atoms with Gasteiger partial charge in [-0.2, -0.15) is 5.10 Å². The van der Waals surface area contributed by atoms with E-state index >= 15 is 0 Å². The van der Waals surface area contributed by atoms with E-state index in [1.807, 2.05) is 44.6 Å². The summed E-state index contributed by atoms with van der Waals surface area (Å²) in [6, 6.07) is 8.07. The molecule has 3 rings (SSSR count). The minimum Gasteiger partial charge on any atom is -0.326 e. The van der Waals surface area contributed by atoms with Gasteiger partial charge in [-0.05, 0) is 12.1 Å². The largest absolute Gasteiger partial charge is 0.326 e. The molecule has 0 aliphatic carbocycles. The maximum atomic E-state index is 4.64. The topological polar surface area (TPSA) is 35.6 Å². The first kappa shape index (κ1) is 10.8. The summed E-state index contributed by atoms with van der Waals surface area (Å²) in [7, 11) is 3.91. The van der Waals surface area contributed by atoms with Gasteiger partial charge in [0.15, 0.2) is 5.82 Å². The van der Waals surface area contributed by atoms with E-state index in [2.05, 4.69) is 27.3 Å². The van der Waals surface area contributed by atoms with E-state index in [1.165, 1.54) is 0 Å². The van der Waals surface area contributed by atoms with Crippen LogP contribution in [-0.4, -0.2) is 19.3 Å². The monoisotopic (exact) mass is 238 g/mol. The molecule has 2 heterocycles. The summed E-state index contributed by atoms with van der Waals surface area (Å²) in [6.45, 7) is 3.82. The number of fused-ring (bicyclic) bond motifs is 1. The molecule has 0 fully saturated rings. The predicted molar refractivity (Wildman–Crippen MR) is 73.0 cm³/mol. The third kappa shape index (κ3) is 1.46. The van der Waals surface area contributed by atoms with Crippen LogP contribution < -0.4 is 0 Å². The summed E-state index contributed by atoms with van der Waals surface area (Å²) in [6.07, 6.45) is 3.75. The number of aryl methyl sites for hydroxylation is 2. The van der Waals surface area contributed by atoms with Crippen molar-refractivity contribution in [2.75, 3.05) is 0 Å². The first-order chi connectivity index (χ1) is 8.70. The number of hydrogen-bond donors (Lipinski definition) is 0. The van der Waals surface area contributed by atoms with Crippen molar-refractivity contribution >= 4 is 17.1 Å². The van der Waals surface area contributed by atoms with Gasteiger partial charge in [0.05, 0.1) is 11.0 Å². The van der Waals surface area contributed by atoms with E-state index in [4.69, 9.17) is 0 Å². The molecule has 0 spiro atoms. The zero-order valence-corrected chi connectivity index (χ0v) is 10.5. The first-order valence-corrected chi connectivity index (χ1v) is 5.78. The van der Waals surface area contributed by atoms with Crippen LogP contribution in [0.4, 0.5) is 0 Å². The van der Waals surface area contributed by atoms with Crippen LogP contribution in [0.5, 0.6) is 0 Å². The van der Waals surface area contributed by atoms with Gasteiger partial charge in [-0.15, -0.1) is 0 Å². The second kappa shape index (κ2) is 3.84. The lowest BCUT2D eigenvalue weighted by Crippen LogP contribution is -1.95. The van der Waals surface area contributed by atoms with Crippen molar-refractivity contribution in [1.29, 1.82) is 0 Å². The second-order valence-corrected chi connectivity index (χ2v) is 4.29. The SMILES string of the molecule is C=Cc1cn(C)nc1-c1nc2ccccc2n1C. The quantitative estimate of drug-likeness (QED) is 0.688. The summed E-state index contributed by atoms with van der Waals surface area (Å²) < 4.78 is 3.84. The number of imidazole rings is 1. The molecule has 0 aliphatic rings. The Balaban J connectivity index is 2.31. The zero-order chi connectivity index (χ0) is 12.7.